The topological polar surface area (TPSA) is 78.7 Å². The van der Waals surface area contributed by atoms with Crippen molar-refractivity contribution in [3.63, 3.8) is 0 Å². The molecule has 0 saturated carbocycles. The summed E-state index contributed by atoms with van der Waals surface area (Å²) in [5.74, 6) is -0.505. The van der Waals surface area contributed by atoms with Crippen molar-refractivity contribution in [3.05, 3.63) is 70.6 Å². The molecule has 2 aromatic carbocycles. The zero-order chi connectivity index (χ0) is 21.7. The fraction of sp³-hybridized carbons (Fsp3) is 0.318. The molecule has 0 bridgehead atoms. The third-order valence-electron chi connectivity index (χ3n) is 5.21. The quantitative estimate of drug-likeness (QED) is 0.583. The minimum atomic E-state index is -0.589. The van der Waals surface area contributed by atoms with Gasteiger partial charge in [-0.15, -0.1) is 11.6 Å². The van der Waals surface area contributed by atoms with Gasteiger partial charge in [0.1, 0.15) is 6.04 Å². The van der Waals surface area contributed by atoms with Gasteiger partial charge in [-0.1, -0.05) is 46.3 Å². The number of alkyl halides is 1. The van der Waals surface area contributed by atoms with Crippen LogP contribution in [0.2, 0.25) is 0 Å². The van der Waals surface area contributed by atoms with Gasteiger partial charge < -0.3 is 20.9 Å². The molecule has 3 N–H and O–H groups in total. The van der Waals surface area contributed by atoms with Crippen molar-refractivity contribution in [3.8, 4) is 0 Å². The number of likely N-dealkylation sites (N-methyl/N-ethyl adjacent to an activating group) is 1. The Bertz CT molecular complexity index is 888. The van der Waals surface area contributed by atoms with E-state index in [0.717, 1.165) is 21.3 Å². The average Bonchev–Trinajstić information content (AvgIpc) is 2.75. The molecule has 1 aliphatic rings. The zero-order valence-electron chi connectivity index (χ0n) is 16.7. The van der Waals surface area contributed by atoms with Gasteiger partial charge in [-0.25, -0.2) is 0 Å². The predicted molar refractivity (Wildman–Crippen MR) is 123 cm³/mol. The van der Waals surface area contributed by atoms with E-state index < -0.39 is 17.3 Å². The van der Waals surface area contributed by atoms with Gasteiger partial charge in [-0.05, 0) is 30.8 Å². The molecule has 3 rings (SSSR count). The number of amides is 2. The first-order chi connectivity index (χ1) is 14.4. The minimum absolute atomic E-state index is 0.0697. The van der Waals surface area contributed by atoms with Gasteiger partial charge in [0.05, 0.1) is 11.8 Å². The van der Waals surface area contributed by atoms with E-state index in [4.69, 9.17) is 17.3 Å². The summed E-state index contributed by atoms with van der Waals surface area (Å²) in [4.78, 5) is 28.5. The number of anilines is 1. The molecule has 1 radical (unpaired) electrons. The Morgan fingerprint density at radius 2 is 1.80 bits per heavy atom. The fourth-order valence-electron chi connectivity index (χ4n) is 3.63. The number of carbonyl (C=O) groups is 2. The van der Waals surface area contributed by atoms with Gasteiger partial charge in [0.2, 0.25) is 11.8 Å². The van der Waals surface area contributed by atoms with Crippen LogP contribution in [0.4, 0.5) is 5.69 Å². The predicted octanol–water partition coefficient (Wildman–Crippen LogP) is 3.03. The lowest BCUT2D eigenvalue weighted by molar-refractivity contribution is -0.128. The highest BCUT2D eigenvalue weighted by atomic mass is 79.9. The van der Waals surface area contributed by atoms with E-state index in [1.807, 2.05) is 48.5 Å². The normalized spacial score (nSPS) is 16.2. The van der Waals surface area contributed by atoms with Crippen LogP contribution in [0.1, 0.15) is 22.5 Å². The lowest BCUT2D eigenvalue weighted by Crippen LogP contribution is -2.49. The fourth-order valence-corrected chi connectivity index (χ4v) is 4.26. The van der Waals surface area contributed by atoms with E-state index in [0.29, 0.717) is 26.2 Å². The first kappa shape index (κ1) is 22.6. The van der Waals surface area contributed by atoms with Crippen LogP contribution in [0.25, 0.3) is 0 Å². The molecule has 1 aliphatic heterocycles. The molecule has 0 aliphatic carbocycles. The maximum Gasteiger partial charge on any atom is 0.239 e. The largest absolute Gasteiger partial charge is 0.368 e. The Balaban J connectivity index is 1.66. The van der Waals surface area contributed by atoms with Crippen LogP contribution in [0.15, 0.2) is 53.0 Å². The van der Waals surface area contributed by atoms with Crippen molar-refractivity contribution in [2.45, 2.75) is 11.4 Å². The van der Waals surface area contributed by atoms with Crippen molar-refractivity contribution < 1.29 is 9.59 Å². The number of hydrogen-bond donors (Lipinski definition) is 2. The third kappa shape index (κ3) is 5.33. The van der Waals surface area contributed by atoms with E-state index >= 15 is 0 Å². The van der Waals surface area contributed by atoms with Crippen LogP contribution in [0.5, 0.6) is 0 Å². The van der Waals surface area contributed by atoms with Gasteiger partial charge in [-0.2, -0.15) is 0 Å². The zero-order valence-corrected chi connectivity index (χ0v) is 19.1. The molecule has 6 nitrogen and oxygen atoms in total. The molecule has 2 atom stereocenters. The van der Waals surface area contributed by atoms with Crippen molar-refractivity contribution in [1.29, 1.82) is 0 Å². The molecule has 0 aromatic heterocycles. The second-order valence-corrected chi connectivity index (χ2v) is 8.50. The van der Waals surface area contributed by atoms with Crippen LogP contribution in [-0.4, -0.2) is 49.9 Å². The number of nitrogens with one attached hydrogen (secondary N) is 1. The number of piperazine rings is 1. The number of halogens is 2. The van der Waals surface area contributed by atoms with Crippen molar-refractivity contribution in [2.75, 3.05) is 38.1 Å². The monoisotopic (exact) mass is 491 g/mol. The highest BCUT2D eigenvalue weighted by molar-refractivity contribution is 9.10. The summed E-state index contributed by atoms with van der Waals surface area (Å²) in [5.41, 5.74) is 8.23. The maximum absolute atomic E-state index is 12.7. The van der Waals surface area contributed by atoms with Gasteiger partial charge in [-0.3, -0.25) is 9.59 Å². The molecule has 159 valence electrons. The number of carbonyl (C=O) groups excluding carboxylic acids is 2. The van der Waals surface area contributed by atoms with Crippen LogP contribution >= 0.6 is 27.5 Å². The Morgan fingerprint density at radius 1 is 1.13 bits per heavy atom. The minimum Gasteiger partial charge on any atom is -0.368 e. The van der Waals surface area contributed by atoms with E-state index in [2.05, 4.69) is 26.1 Å². The molecular formula is C22H25BrClN4O2. The standard InChI is InChI=1S/C22H25BrClN4O2/c1-26-21(22(25)30)17-13-16(23)7-8-19(17)27-9-11-28(12-10-27)20(29)14-18(24)15-5-3-2-4-6-15/h2-8,13-14,18,21,26H,9-12H2,1H3,(H2,25,30). The average molecular weight is 493 g/mol. The first-order valence-electron chi connectivity index (χ1n) is 9.74. The summed E-state index contributed by atoms with van der Waals surface area (Å²) in [5, 5.41) is 2.53. The molecule has 30 heavy (non-hydrogen) atoms. The van der Waals surface area contributed by atoms with Crippen LogP contribution < -0.4 is 16.0 Å². The molecule has 2 amide bonds. The van der Waals surface area contributed by atoms with E-state index in [9.17, 15) is 9.59 Å². The second-order valence-electron chi connectivity index (χ2n) is 7.12. The highest BCUT2D eigenvalue weighted by Crippen LogP contribution is 2.31. The Hall–Kier alpha value is -2.09. The van der Waals surface area contributed by atoms with Gasteiger partial charge in [0.15, 0.2) is 0 Å². The lowest BCUT2D eigenvalue weighted by atomic mass is 10.0. The Labute approximate surface area is 190 Å². The summed E-state index contributed by atoms with van der Waals surface area (Å²) in [6.45, 7) is 2.46. The van der Waals surface area contributed by atoms with Crippen LogP contribution in [-0.2, 0) is 9.59 Å². The number of nitrogens with two attached hydrogens (primary N) is 1. The number of primary amides is 1. The summed E-state index contributed by atoms with van der Waals surface area (Å²) >= 11 is 9.86. The van der Waals surface area contributed by atoms with Gasteiger partial charge >= 0.3 is 0 Å². The van der Waals surface area contributed by atoms with Gasteiger partial charge in [0, 0.05) is 41.9 Å². The van der Waals surface area contributed by atoms with Gasteiger partial charge in [0.25, 0.3) is 0 Å². The van der Waals surface area contributed by atoms with Crippen molar-refractivity contribution in [1.82, 2.24) is 10.2 Å². The molecular weight excluding hydrogens is 468 g/mol. The SMILES string of the molecule is CNC(C(N)=O)c1cc(Br)ccc1N1CCN(C(=O)[CH]C(Cl)c2ccccc2)CC1. The number of hydrogen-bond acceptors (Lipinski definition) is 4. The lowest BCUT2D eigenvalue weighted by Gasteiger charge is -2.38. The van der Waals surface area contributed by atoms with Crippen LogP contribution in [0.3, 0.4) is 0 Å². The number of nitrogens with zero attached hydrogens (tertiary/aromatic N) is 2. The molecule has 1 fully saturated rings. The third-order valence-corrected chi connectivity index (χ3v) is 6.08. The maximum atomic E-state index is 12.7. The molecule has 2 aromatic rings. The summed E-state index contributed by atoms with van der Waals surface area (Å²) in [6.07, 6.45) is 1.56. The molecule has 0 spiro atoms. The van der Waals surface area contributed by atoms with Crippen molar-refractivity contribution >= 4 is 45.0 Å². The smallest absolute Gasteiger partial charge is 0.239 e. The molecule has 2 unspecified atom stereocenters. The summed E-state index contributed by atoms with van der Waals surface area (Å²) < 4.78 is 0.875. The highest BCUT2D eigenvalue weighted by Gasteiger charge is 2.27. The Morgan fingerprint density at radius 3 is 2.40 bits per heavy atom. The Kier molecular flexibility index (Phi) is 7.75. The summed E-state index contributed by atoms with van der Waals surface area (Å²) in [6, 6.07) is 14.8. The number of benzene rings is 2. The number of rotatable bonds is 7. The first-order valence-corrected chi connectivity index (χ1v) is 11.0. The molecule has 1 saturated heterocycles. The van der Waals surface area contributed by atoms with Crippen molar-refractivity contribution in [2.24, 2.45) is 5.73 Å². The van der Waals surface area contributed by atoms with E-state index in [-0.39, 0.29) is 5.91 Å². The molecule has 8 heteroatoms. The second kappa shape index (κ2) is 10.3. The van der Waals surface area contributed by atoms with Crippen LogP contribution in [0, 0.1) is 6.42 Å². The van der Waals surface area contributed by atoms with E-state index in [1.54, 1.807) is 18.4 Å². The summed E-state index contributed by atoms with van der Waals surface area (Å²) in [7, 11) is 1.71. The van der Waals surface area contributed by atoms with E-state index in [1.165, 1.54) is 0 Å². The molecule has 1 heterocycles.